The Hall–Kier alpha value is -3.40. The standard InChI is InChI=1S/C28H25NO7/c30-23-22(29-25(31)19-13-7-8-14-20(19)26(29)32)28(33-15-17-9-3-1-4-10-17)35-21-16-34-27(36-24(21)23)18-11-5-2-6-12-18/h1-14,21-24,27-28,30H,15-16H2/t21?,22-,23-,24?,27+,28?/m1/s1. The van der Waals surface area contributed by atoms with Crippen molar-refractivity contribution in [3.63, 3.8) is 0 Å². The second kappa shape index (κ2) is 9.57. The number of imide groups is 1. The van der Waals surface area contributed by atoms with Crippen molar-refractivity contribution in [3.05, 3.63) is 107 Å². The van der Waals surface area contributed by atoms with Crippen molar-refractivity contribution in [3.8, 4) is 0 Å². The molecule has 2 amide bonds. The molecule has 8 heteroatoms. The molecule has 36 heavy (non-hydrogen) atoms. The first-order valence-corrected chi connectivity index (χ1v) is 11.9. The molecule has 6 rings (SSSR count). The van der Waals surface area contributed by atoms with E-state index in [1.165, 1.54) is 0 Å². The van der Waals surface area contributed by atoms with Crippen LogP contribution < -0.4 is 0 Å². The lowest BCUT2D eigenvalue weighted by Crippen LogP contribution is -2.67. The molecule has 184 valence electrons. The zero-order chi connectivity index (χ0) is 24.6. The predicted molar refractivity (Wildman–Crippen MR) is 127 cm³/mol. The summed E-state index contributed by atoms with van der Waals surface area (Å²) in [6.45, 7) is 0.324. The molecule has 3 aliphatic rings. The Kier molecular flexibility index (Phi) is 6.12. The highest BCUT2D eigenvalue weighted by Gasteiger charge is 2.55. The van der Waals surface area contributed by atoms with Gasteiger partial charge in [0, 0.05) is 5.56 Å². The molecule has 3 unspecified atom stereocenters. The quantitative estimate of drug-likeness (QED) is 0.553. The van der Waals surface area contributed by atoms with E-state index in [4.69, 9.17) is 18.9 Å². The minimum Gasteiger partial charge on any atom is -0.388 e. The van der Waals surface area contributed by atoms with Gasteiger partial charge in [-0.3, -0.25) is 14.5 Å². The number of rotatable bonds is 5. The second-order valence-corrected chi connectivity index (χ2v) is 9.02. The van der Waals surface area contributed by atoms with E-state index in [1.807, 2.05) is 60.7 Å². The molecule has 0 aliphatic carbocycles. The van der Waals surface area contributed by atoms with Gasteiger partial charge in [-0.2, -0.15) is 0 Å². The van der Waals surface area contributed by atoms with E-state index in [0.717, 1.165) is 16.0 Å². The van der Waals surface area contributed by atoms with Crippen molar-refractivity contribution in [2.75, 3.05) is 6.61 Å². The van der Waals surface area contributed by atoms with Gasteiger partial charge in [-0.05, 0) is 17.7 Å². The number of hydrogen-bond acceptors (Lipinski definition) is 7. The lowest BCUT2D eigenvalue weighted by molar-refractivity contribution is -0.350. The van der Waals surface area contributed by atoms with Gasteiger partial charge in [0.15, 0.2) is 12.6 Å². The Morgan fingerprint density at radius 2 is 1.44 bits per heavy atom. The van der Waals surface area contributed by atoms with Gasteiger partial charge >= 0.3 is 0 Å². The first-order valence-electron chi connectivity index (χ1n) is 11.9. The summed E-state index contributed by atoms with van der Waals surface area (Å²) in [5.41, 5.74) is 2.25. The number of ether oxygens (including phenoxy) is 4. The molecular formula is C28H25NO7. The molecule has 1 N–H and O–H groups in total. The van der Waals surface area contributed by atoms with Crippen molar-refractivity contribution < 1.29 is 33.6 Å². The molecule has 0 saturated carbocycles. The molecule has 6 atom stereocenters. The molecule has 3 aliphatic heterocycles. The van der Waals surface area contributed by atoms with E-state index in [0.29, 0.717) is 0 Å². The summed E-state index contributed by atoms with van der Waals surface area (Å²) in [7, 11) is 0. The number of carbonyl (C=O) groups is 2. The topological polar surface area (TPSA) is 94.5 Å². The number of hydrogen-bond donors (Lipinski definition) is 1. The largest absolute Gasteiger partial charge is 0.388 e. The minimum atomic E-state index is -1.26. The summed E-state index contributed by atoms with van der Waals surface area (Å²) < 4.78 is 24.3. The third-order valence-electron chi connectivity index (χ3n) is 6.79. The summed E-state index contributed by atoms with van der Waals surface area (Å²) in [6.07, 6.45) is -4.54. The zero-order valence-electron chi connectivity index (χ0n) is 19.3. The Bertz CT molecular complexity index is 1220. The summed E-state index contributed by atoms with van der Waals surface area (Å²) in [5, 5.41) is 11.6. The Morgan fingerprint density at radius 1 is 0.833 bits per heavy atom. The van der Waals surface area contributed by atoms with Gasteiger partial charge in [-0.1, -0.05) is 72.8 Å². The highest BCUT2D eigenvalue weighted by atomic mass is 16.7. The van der Waals surface area contributed by atoms with Crippen LogP contribution in [-0.4, -0.2) is 59.1 Å². The van der Waals surface area contributed by atoms with Gasteiger partial charge in [0.05, 0.1) is 24.3 Å². The van der Waals surface area contributed by atoms with E-state index in [1.54, 1.807) is 24.3 Å². The zero-order valence-corrected chi connectivity index (χ0v) is 19.3. The van der Waals surface area contributed by atoms with E-state index in [2.05, 4.69) is 0 Å². The highest BCUT2D eigenvalue weighted by molar-refractivity contribution is 6.21. The fourth-order valence-corrected chi connectivity index (χ4v) is 5.00. The molecule has 2 fully saturated rings. The van der Waals surface area contributed by atoms with Crippen LogP contribution in [0, 0.1) is 0 Å². The number of aliphatic hydroxyl groups is 1. The average Bonchev–Trinajstić information content (AvgIpc) is 3.18. The maximum absolute atomic E-state index is 13.3. The van der Waals surface area contributed by atoms with Crippen LogP contribution in [0.25, 0.3) is 0 Å². The molecule has 0 spiro atoms. The molecule has 0 radical (unpaired) electrons. The monoisotopic (exact) mass is 487 g/mol. The van der Waals surface area contributed by atoms with Gasteiger partial charge in [0.25, 0.3) is 11.8 Å². The highest BCUT2D eigenvalue weighted by Crippen LogP contribution is 2.38. The van der Waals surface area contributed by atoms with Crippen molar-refractivity contribution in [2.45, 2.75) is 43.5 Å². The molecule has 3 aromatic carbocycles. The number of fused-ring (bicyclic) bond motifs is 2. The van der Waals surface area contributed by atoms with Crippen molar-refractivity contribution in [2.24, 2.45) is 0 Å². The molecule has 3 aromatic rings. The molecular weight excluding hydrogens is 462 g/mol. The summed E-state index contributed by atoms with van der Waals surface area (Å²) in [6, 6.07) is 24.3. The van der Waals surface area contributed by atoms with Gasteiger partial charge in [0.2, 0.25) is 0 Å². The number of amides is 2. The molecule has 8 nitrogen and oxygen atoms in total. The van der Waals surface area contributed by atoms with Crippen LogP contribution in [0.3, 0.4) is 0 Å². The number of aliphatic hydroxyl groups excluding tert-OH is 1. The maximum atomic E-state index is 13.3. The summed E-state index contributed by atoms with van der Waals surface area (Å²) >= 11 is 0. The normalized spacial score (nSPS) is 29.6. The molecule has 2 saturated heterocycles. The third-order valence-corrected chi connectivity index (χ3v) is 6.79. The fraction of sp³-hybridized carbons (Fsp3) is 0.286. The fourth-order valence-electron chi connectivity index (χ4n) is 5.00. The Morgan fingerprint density at radius 3 is 2.11 bits per heavy atom. The van der Waals surface area contributed by atoms with Crippen molar-refractivity contribution in [1.82, 2.24) is 4.90 Å². The predicted octanol–water partition coefficient (Wildman–Crippen LogP) is 3.07. The van der Waals surface area contributed by atoms with E-state index in [-0.39, 0.29) is 24.3 Å². The van der Waals surface area contributed by atoms with E-state index < -0.39 is 48.7 Å². The van der Waals surface area contributed by atoms with Gasteiger partial charge in [-0.15, -0.1) is 0 Å². The van der Waals surface area contributed by atoms with E-state index in [9.17, 15) is 14.7 Å². The van der Waals surface area contributed by atoms with Crippen LogP contribution in [0.1, 0.15) is 38.1 Å². The molecule has 0 bridgehead atoms. The van der Waals surface area contributed by atoms with Crippen molar-refractivity contribution in [1.29, 1.82) is 0 Å². The van der Waals surface area contributed by atoms with Crippen LogP contribution in [-0.2, 0) is 25.6 Å². The minimum absolute atomic E-state index is 0.154. The molecule has 0 aromatic heterocycles. The smallest absolute Gasteiger partial charge is 0.262 e. The molecule has 3 heterocycles. The lowest BCUT2D eigenvalue weighted by Gasteiger charge is -2.49. The van der Waals surface area contributed by atoms with Crippen LogP contribution in [0.4, 0.5) is 0 Å². The summed E-state index contributed by atoms with van der Waals surface area (Å²) in [4.78, 5) is 27.7. The van der Waals surface area contributed by atoms with Gasteiger partial charge in [-0.25, -0.2) is 0 Å². The van der Waals surface area contributed by atoms with Crippen LogP contribution >= 0.6 is 0 Å². The number of nitrogens with zero attached hydrogens (tertiary/aromatic N) is 1. The summed E-state index contributed by atoms with van der Waals surface area (Å²) in [5.74, 6) is -0.997. The Balaban J connectivity index is 1.31. The lowest BCUT2D eigenvalue weighted by atomic mass is 9.94. The van der Waals surface area contributed by atoms with Crippen LogP contribution in [0.15, 0.2) is 84.9 Å². The Labute approximate surface area is 208 Å². The van der Waals surface area contributed by atoms with E-state index >= 15 is 0 Å². The van der Waals surface area contributed by atoms with Crippen LogP contribution in [0.5, 0.6) is 0 Å². The van der Waals surface area contributed by atoms with Crippen molar-refractivity contribution >= 4 is 11.8 Å². The van der Waals surface area contributed by atoms with Gasteiger partial charge < -0.3 is 24.1 Å². The first-order chi connectivity index (χ1) is 17.6. The average molecular weight is 488 g/mol. The SMILES string of the molecule is O=C1c2ccccc2C(=O)N1[C@H]1C(OCc2ccccc2)OC2CO[C@H](c3ccccc3)OC2[C@@H]1O. The van der Waals surface area contributed by atoms with Gasteiger partial charge in [0.1, 0.15) is 24.4 Å². The first kappa shape index (κ1) is 23.0. The number of benzene rings is 3. The third kappa shape index (κ3) is 4.03. The second-order valence-electron chi connectivity index (χ2n) is 9.02. The number of carbonyl (C=O) groups excluding carboxylic acids is 2. The van der Waals surface area contributed by atoms with Crippen LogP contribution in [0.2, 0.25) is 0 Å². The maximum Gasteiger partial charge on any atom is 0.262 e.